The van der Waals surface area contributed by atoms with Gasteiger partial charge in [0.15, 0.2) is 11.5 Å². The third-order valence-corrected chi connectivity index (χ3v) is 4.14. The van der Waals surface area contributed by atoms with Gasteiger partial charge in [0.05, 0.1) is 21.3 Å². The van der Waals surface area contributed by atoms with Crippen molar-refractivity contribution in [1.82, 2.24) is 10.2 Å². The molecular formula is C20H25FN2O4. The van der Waals surface area contributed by atoms with Crippen LogP contribution < -0.4 is 19.5 Å². The van der Waals surface area contributed by atoms with Crippen LogP contribution in [0.2, 0.25) is 0 Å². The summed E-state index contributed by atoms with van der Waals surface area (Å²) < 4.78 is 29.0. The van der Waals surface area contributed by atoms with Gasteiger partial charge in [-0.2, -0.15) is 0 Å². The third-order valence-electron chi connectivity index (χ3n) is 4.14. The zero-order valence-electron chi connectivity index (χ0n) is 16.0. The second kappa shape index (κ2) is 9.66. The Kier molecular flexibility index (Phi) is 7.28. The fraction of sp³-hybridized carbons (Fsp3) is 0.350. The molecule has 2 aromatic rings. The van der Waals surface area contributed by atoms with Crippen molar-refractivity contribution in [3.8, 4) is 17.2 Å². The Morgan fingerprint density at radius 2 is 1.67 bits per heavy atom. The molecule has 0 aliphatic heterocycles. The van der Waals surface area contributed by atoms with Gasteiger partial charge in [0.25, 0.3) is 0 Å². The summed E-state index contributed by atoms with van der Waals surface area (Å²) in [6.07, 6.45) is 0.569. The lowest BCUT2D eigenvalue weighted by atomic mass is 10.1. The van der Waals surface area contributed by atoms with Crippen molar-refractivity contribution in [3.05, 3.63) is 53.3 Å². The number of nitrogens with one attached hydrogen (secondary N) is 1. The zero-order valence-corrected chi connectivity index (χ0v) is 16.0. The van der Waals surface area contributed by atoms with E-state index in [1.165, 1.54) is 12.1 Å². The molecule has 0 atom stereocenters. The summed E-state index contributed by atoms with van der Waals surface area (Å²) in [5.41, 5.74) is 1.76. The minimum Gasteiger partial charge on any atom is -0.493 e. The summed E-state index contributed by atoms with van der Waals surface area (Å²) in [7, 11) is 6.37. The van der Waals surface area contributed by atoms with Crippen LogP contribution in [0.4, 0.5) is 9.18 Å². The van der Waals surface area contributed by atoms with Crippen molar-refractivity contribution in [3.63, 3.8) is 0 Å². The van der Waals surface area contributed by atoms with Crippen LogP contribution in [0, 0.1) is 5.82 Å². The van der Waals surface area contributed by atoms with Crippen LogP contribution in [-0.4, -0.2) is 45.9 Å². The highest BCUT2D eigenvalue weighted by Gasteiger charge is 2.16. The minimum absolute atomic E-state index is 0.209. The lowest BCUT2D eigenvalue weighted by Crippen LogP contribution is -2.37. The Morgan fingerprint density at radius 1 is 1.00 bits per heavy atom. The van der Waals surface area contributed by atoms with E-state index in [-0.39, 0.29) is 11.8 Å². The highest BCUT2D eigenvalue weighted by Crippen LogP contribution is 2.39. The number of methoxy groups -OCH3 is 3. The van der Waals surface area contributed by atoms with Crippen LogP contribution in [0.25, 0.3) is 0 Å². The molecule has 2 amide bonds. The van der Waals surface area contributed by atoms with Crippen LogP contribution in [0.5, 0.6) is 17.2 Å². The average Bonchev–Trinajstić information content (AvgIpc) is 2.68. The summed E-state index contributed by atoms with van der Waals surface area (Å²) in [5, 5.41) is 2.87. The predicted octanol–water partition coefficient (Wildman–Crippen LogP) is 3.24. The summed E-state index contributed by atoms with van der Waals surface area (Å²) in [5.74, 6) is 1.40. The van der Waals surface area contributed by atoms with Crippen molar-refractivity contribution >= 4 is 6.03 Å². The van der Waals surface area contributed by atoms with Crippen LogP contribution in [0.3, 0.4) is 0 Å². The van der Waals surface area contributed by atoms with E-state index >= 15 is 0 Å². The highest BCUT2D eigenvalue weighted by molar-refractivity contribution is 5.73. The number of benzene rings is 2. The predicted molar refractivity (Wildman–Crippen MR) is 101 cm³/mol. The zero-order chi connectivity index (χ0) is 19.8. The van der Waals surface area contributed by atoms with Crippen LogP contribution in [0.1, 0.15) is 11.1 Å². The Hall–Kier alpha value is -2.96. The molecule has 0 saturated heterocycles. The van der Waals surface area contributed by atoms with Crippen molar-refractivity contribution in [1.29, 1.82) is 0 Å². The average molecular weight is 376 g/mol. The van der Waals surface area contributed by atoms with E-state index in [4.69, 9.17) is 14.2 Å². The number of nitrogens with zero attached hydrogens (tertiary/aromatic N) is 1. The number of carbonyl (C=O) groups excluding carboxylic acids is 1. The molecule has 0 heterocycles. The number of carbonyl (C=O) groups is 1. The van der Waals surface area contributed by atoms with Gasteiger partial charge in [0, 0.05) is 25.7 Å². The van der Waals surface area contributed by atoms with E-state index in [0.29, 0.717) is 36.8 Å². The summed E-state index contributed by atoms with van der Waals surface area (Å²) in [4.78, 5) is 13.8. The molecular weight excluding hydrogens is 351 g/mol. The molecule has 0 aliphatic rings. The number of ether oxygens (including phenoxy) is 3. The molecule has 27 heavy (non-hydrogen) atoms. The van der Waals surface area contributed by atoms with E-state index in [9.17, 15) is 9.18 Å². The molecule has 1 N–H and O–H groups in total. The van der Waals surface area contributed by atoms with Crippen molar-refractivity contribution < 1.29 is 23.4 Å². The Balaban J connectivity index is 1.93. The SMILES string of the molecule is COc1ccc(CCNC(=O)N(C)Cc2ccc(F)cc2)c(OC)c1OC. The first-order valence-corrected chi connectivity index (χ1v) is 8.51. The lowest BCUT2D eigenvalue weighted by molar-refractivity contribution is 0.207. The minimum atomic E-state index is -0.297. The van der Waals surface area contributed by atoms with Gasteiger partial charge < -0.3 is 24.4 Å². The van der Waals surface area contributed by atoms with Crippen molar-refractivity contribution in [2.24, 2.45) is 0 Å². The monoisotopic (exact) mass is 376 g/mol. The molecule has 146 valence electrons. The Morgan fingerprint density at radius 3 is 2.26 bits per heavy atom. The van der Waals surface area contributed by atoms with Gasteiger partial charge in [-0.05, 0) is 30.2 Å². The van der Waals surface area contributed by atoms with Crippen LogP contribution >= 0.6 is 0 Å². The lowest BCUT2D eigenvalue weighted by Gasteiger charge is -2.19. The van der Waals surface area contributed by atoms with Gasteiger partial charge in [-0.25, -0.2) is 9.18 Å². The maximum Gasteiger partial charge on any atom is 0.317 e. The standard InChI is InChI=1S/C20H25FN2O4/c1-23(13-14-5-8-16(21)9-6-14)20(24)22-12-11-15-7-10-17(25-2)19(27-4)18(15)26-3/h5-10H,11-13H2,1-4H3,(H,22,24). The molecule has 0 aromatic heterocycles. The molecule has 0 bridgehead atoms. The Labute approximate surface area is 158 Å². The van der Waals surface area contributed by atoms with Gasteiger partial charge >= 0.3 is 6.03 Å². The van der Waals surface area contributed by atoms with E-state index in [1.807, 2.05) is 6.07 Å². The van der Waals surface area contributed by atoms with E-state index < -0.39 is 0 Å². The molecule has 2 rings (SSSR count). The number of halogens is 1. The van der Waals surface area contributed by atoms with Gasteiger partial charge in [-0.1, -0.05) is 18.2 Å². The first-order valence-electron chi connectivity index (χ1n) is 8.51. The van der Waals surface area contributed by atoms with Crippen molar-refractivity contribution in [2.75, 3.05) is 34.9 Å². The topological polar surface area (TPSA) is 60.0 Å². The molecule has 0 saturated carbocycles. The van der Waals surface area contributed by atoms with Gasteiger partial charge in [-0.3, -0.25) is 0 Å². The number of hydrogen-bond acceptors (Lipinski definition) is 4. The molecule has 0 aliphatic carbocycles. The molecule has 0 radical (unpaired) electrons. The highest BCUT2D eigenvalue weighted by atomic mass is 19.1. The summed E-state index contributed by atoms with van der Waals surface area (Å²) in [6.45, 7) is 0.824. The van der Waals surface area contributed by atoms with E-state index in [2.05, 4.69) is 5.32 Å². The van der Waals surface area contributed by atoms with Gasteiger partial charge in [0.1, 0.15) is 5.82 Å². The second-order valence-corrected chi connectivity index (χ2v) is 5.96. The second-order valence-electron chi connectivity index (χ2n) is 5.96. The fourth-order valence-corrected chi connectivity index (χ4v) is 2.73. The summed E-state index contributed by atoms with van der Waals surface area (Å²) in [6, 6.07) is 9.56. The maximum absolute atomic E-state index is 13.0. The van der Waals surface area contributed by atoms with E-state index in [0.717, 1.165) is 11.1 Å². The van der Waals surface area contributed by atoms with Crippen LogP contribution in [0.15, 0.2) is 36.4 Å². The largest absolute Gasteiger partial charge is 0.493 e. The first kappa shape index (κ1) is 20.4. The number of urea groups is 1. The third kappa shape index (κ3) is 5.26. The maximum atomic E-state index is 13.0. The molecule has 6 nitrogen and oxygen atoms in total. The number of amides is 2. The molecule has 0 unspecified atom stereocenters. The smallest absolute Gasteiger partial charge is 0.317 e. The van der Waals surface area contributed by atoms with Crippen molar-refractivity contribution in [2.45, 2.75) is 13.0 Å². The number of rotatable bonds is 8. The van der Waals surface area contributed by atoms with E-state index in [1.54, 1.807) is 51.5 Å². The summed E-state index contributed by atoms with van der Waals surface area (Å²) >= 11 is 0. The van der Waals surface area contributed by atoms with Gasteiger partial charge in [-0.15, -0.1) is 0 Å². The van der Waals surface area contributed by atoms with Crippen LogP contribution in [-0.2, 0) is 13.0 Å². The molecule has 0 spiro atoms. The molecule has 2 aromatic carbocycles. The quantitative estimate of drug-likeness (QED) is 0.768. The van der Waals surface area contributed by atoms with Gasteiger partial charge in [0.2, 0.25) is 5.75 Å². The number of hydrogen-bond donors (Lipinski definition) is 1. The Bertz CT molecular complexity index is 765. The fourth-order valence-electron chi connectivity index (χ4n) is 2.73. The normalized spacial score (nSPS) is 10.3. The molecule has 7 heteroatoms. The molecule has 0 fully saturated rings. The first-order chi connectivity index (χ1) is 13.0.